The number of methoxy groups -OCH3 is 1. The lowest BCUT2D eigenvalue weighted by Crippen LogP contribution is -2.33. The molecule has 0 bridgehead atoms. The Morgan fingerprint density at radius 2 is 2.31 bits per heavy atom. The molecule has 88 valence electrons. The Morgan fingerprint density at radius 1 is 1.62 bits per heavy atom. The molecule has 0 aromatic heterocycles. The fourth-order valence-corrected chi connectivity index (χ4v) is 1.61. The van der Waals surface area contributed by atoms with Crippen molar-refractivity contribution < 1.29 is 14.6 Å². The molecular formula is C11H14ClNO3. The van der Waals surface area contributed by atoms with Gasteiger partial charge in [-0.05, 0) is 18.6 Å². The van der Waals surface area contributed by atoms with Crippen LogP contribution in [0.2, 0.25) is 5.02 Å². The van der Waals surface area contributed by atoms with Gasteiger partial charge in [0, 0.05) is 7.11 Å². The molecule has 1 aromatic carbocycles. The number of aliphatic carboxylic acids is 1. The molecule has 4 nitrogen and oxygen atoms in total. The lowest BCUT2D eigenvalue weighted by molar-refractivity contribution is -0.139. The van der Waals surface area contributed by atoms with Gasteiger partial charge in [-0.2, -0.15) is 0 Å². The van der Waals surface area contributed by atoms with Gasteiger partial charge in [0.1, 0.15) is 6.04 Å². The monoisotopic (exact) mass is 243 g/mol. The van der Waals surface area contributed by atoms with E-state index < -0.39 is 12.0 Å². The molecule has 0 fully saturated rings. The van der Waals surface area contributed by atoms with E-state index in [0.29, 0.717) is 10.7 Å². The molecule has 0 aliphatic heterocycles. The van der Waals surface area contributed by atoms with Crippen molar-refractivity contribution in [2.75, 3.05) is 19.0 Å². The minimum Gasteiger partial charge on any atom is -0.480 e. The maximum Gasteiger partial charge on any atom is 0.328 e. The van der Waals surface area contributed by atoms with E-state index in [1.165, 1.54) is 7.11 Å². The van der Waals surface area contributed by atoms with E-state index in [1.807, 2.05) is 19.1 Å². The Morgan fingerprint density at radius 3 is 2.81 bits per heavy atom. The first kappa shape index (κ1) is 12.8. The Bertz CT molecular complexity index is 361. The van der Waals surface area contributed by atoms with Gasteiger partial charge < -0.3 is 15.2 Å². The van der Waals surface area contributed by atoms with Crippen LogP contribution in [-0.2, 0) is 9.53 Å². The highest BCUT2D eigenvalue weighted by Gasteiger charge is 2.18. The Hall–Kier alpha value is -1.26. The zero-order valence-electron chi connectivity index (χ0n) is 9.16. The summed E-state index contributed by atoms with van der Waals surface area (Å²) in [6, 6.07) is 4.58. The molecule has 0 amide bonds. The highest BCUT2D eigenvalue weighted by atomic mass is 35.5. The molecule has 0 aliphatic rings. The highest BCUT2D eigenvalue weighted by molar-refractivity contribution is 6.33. The summed E-state index contributed by atoms with van der Waals surface area (Å²) in [5.74, 6) is -0.971. The first-order valence-electron chi connectivity index (χ1n) is 4.79. The largest absolute Gasteiger partial charge is 0.480 e. The van der Waals surface area contributed by atoms with Crippen LogP contribution in [-0.4, -0.2) is 30.8 Å². The van der Waals surface area contributed by atoms with Gasteiger partial charge in [-0.3, -0.25) is 0 Å². The predicted octanol–water partition coefficient (Wildman–Crippen LogP) is 2.16. The lowest BCUT2D eigenvalue weighted by atomic mass is 10.2. The SMILES string of the molecule is COCC(Nc1c(C)cccc1Cl)C(=O)O. The molecule has 5 heteroatoms. The minimum atomic E-state index is -0.971. The molecule has 0 radical (unpaired) electrons. The van der Waals surface area contributed by atoms with E-state index in [1.54, 1.807) is 6.07 Å². The predicted molar refractivity (Wildman–Crippen MR) is 63.1 cm³/mol. The van der Waals surface area contributed by atoms with E-state index >= 15 is 0 Å². The molecule has 0 spiro atoms. The maximum absolute atomic E-state index is 10.9. The first-order chi connectivity index (χ1) is 7.56. The van der Waals surface area contributed by atoms with Crippen molar-refractivity contribution in [3.8, 4) is 0 Å². The summed E-state index contributed by atoms with van der Waals surface area (Å²) in [4.78, 5) is 10.9. The Balaban J connectivity index is 2.89. The van der Waals surface area contributed by atoms with Crippen LogP contribution < -0.4 is 5.32 Å². The van der Waals surface area contributed by atoms with E-state index in [-0.39, 0.29) is 6.61 Å². The number of halogens is 1. The van der Waals surface area contributed by atoms with E-state index in [4.69, 9.17) is 21.4 Å². The molecule has 1 unspecified atom stereocenters. The summed E-state index contributed by atoms with van der Waals surface area (Å²) in [7, 11) is 1.46. The van der Waals surface area contributed by atoms with Crippen LogP contribution in [0.15, 0.2) is 18.2 Å². The van der Waals surface area contributed by atoms with Crippen molar-refractivity contribution in [1.29, 1.82) is 0 Å². The molecular weight excluding hydrogens is 230 g/mol. The van der Waals surface area contributed by atoms with Crippen molar-refractivity contribution in [2.45, 2.75) is 13.0 Å². The number of anilines is 1. The second kappa shape index (κ2) is 5.72. The first-order valence-corrected chi connectivity index (χ1v) is 5.17. The summed E-state index contributed by atoms with van der Waals surface area (Å²) in [5.41, 5.74) is 1.53. The summed E-state index contributed by atoms with van der Waals surface area (Å²) in [6.07, 6.45) is 0. The number of carbonyl (C=O) groups is 1. The smallest absolute Gasteiger partial charge is 0.328 e. The lowest BCUT2D eigenvalue weighted by Gasteiger charge is -2.17. The van der Waals surface area contributed by atoms with Crippen LogP contribution >= 0.6 is 11.6 Å². The van der Waals surface area contributed by atoms with Gasteiger partial charge in [0.2, 0.25) is 0 Å². The molecule has 0 aliphatic carbocycles. The number of aryl methyl sites for hydroxylation is 1. The zero-order chi connectivity index (χ0) is 12.1. The average Bonchev–Trinajstić information content (AvgIpc) is 2.21. The van der Waals surface area contributed by atoms with Crippen LogP contribution in [0, 0.1) is 6.92 Å². The Kier molecular flexibility index (Phi) is 4.58. The molecule has 1 atom stereocenters. The van der Waals surface area contributed by atoms with Gasteiger partial charge in [-0.1, -0.05) is 23.7 Å². The molecule has 2 N–H and O–H groups in total. The number of para-hydroxylation sites is 1. The normalized spacial score (nSPS) is 12.2. The third-order valence-corrected chi connectivity index (χ3v) is 2.49. The minimum absolute atomic E-state index is 0.0833. The van der Waals surface area contributed by atoms with Crippen LogP contribution in [0.1, 0.15) is 5.56 Å². The van der Waals surface area contributed by atoms with Crippen LogP contribution in [0.5, 0.6) is 0 Å². The number of ether oxygens (including phenoxy) is 1. The second-order valence-corrected chi connectivity index (χ2v) is 3.83. The summed E-state index contributed by atoms with van der Waals surface area (Å²) in [6.45, 7) is 1.94. The summed E-state index contributed by atoms with van der Waals surface area (Å²) >= 11 is 5.98. The molecule has 0 saturated carbocycles. The Labute approximate surface area is 99.2 Å². The number of carboxylic acid groups (broad SMARTS) is 1. The zero-order valence-corrected chi connectivity index (χ0v) is 9.91. The molecule has 0 heterocycles. The van der Waals surface area contributed by atoms with Gasteiger partial charge in [-0.25, -0.2) is 4.79 Å². The molecule has 1 rings (SSSR count). The number of hydrogen-bond acceptors (Lipinski definition) is 3. The van der Waals surface area contributed by atoms with Crippen LogP contribution in [0.3, 0.4) is 0 Å². The van der Waals surface area contributed by atoms with Crippen molar-refractivity contribution in [2.24, 2.45) is 0 Å². The topological polar surface area (TPSA) is 58.6 Å². The van der Waals surface area contributed by atoms with Gasteiger partial charge in [0.25, 0.3) is 0 Å². The quantitative estimate of drug-likeness (QED) is 0.832. The summed E-state index contributed by atoms with van der Waals surface area (Å²) < 4.78 is 4.83. The maximum atomic E-state index is 10.9. The number of carboxylic acids is 1. The van der Waals surface area contributed by atoms with E-state index in [0.717, 1.165) is 5.56 Å². The second-order valence-electron chi connectivity index (χ2n) is 3.42. The number of rotatable bonds is 5. The highest BCUT2D eigenvalue weighted by Crippen LogP contribution is 2.25. The number of benzene rings is 1. The van der Waals surface area contributed by atoms with Gasteiger partial charge >= 0.3 is 5.97 Å². The third kappa shape index (κ3) is 3.12. The molecule has 0 saturated heterocycles. The van der Waals surface area contributed by atoms with Gasteiger partial charge in [0.05, 0.1) is 17.3 Å². The fourth-order valence-electron chi connectivity index (χ4n) is 1.33. The summed E-state index contributed by atoms with van der Waals surface area (Å²) in [5, 5.41) is 12.3. The average molecular weight is 244 g/mol. The molecule has 1 aromatic rings. The van der Waals surface area contributed by atoms with Gasteiger partial charge in [-0.15, -0.1) is 0 Å². The van der Waals surface area contributed by atoms with Gasteiger partial charge in [0.15, 0.2) is 0 Å². The van der Waals surface area contributed by atoms with E-state index in [2.05, 4.69) is 5.32 Å². The van der Waals surface area contributed by atoms with Crippen molar-refractivity contribution in [1.82, 2.24) is 0 Å². The van der Waals surface area contributed by atoms with Crippen molar-refractivity contribution >= 4 is 23.3 Å². The standard InChI is InChI=1S/C11H14ClNO3/c1-7-4-3-5-8(12)10(7)13-9(6-16-2)11(14)15/h3-5,9,13H,6H2,1-2H3,(H,14,15). The van der Waals surface area contributed by atoms with Crippen molar-refractivity contribution in [3.63, 3.8) is 0 Å². The molecule has 16 heavy (non-hydrogen) atoms. The third-order valence-electron chi connectivity index (χ3n) is 2.17. The fraction of sp³-hybridized carbons (Fsp3) is 0.364. The number of hydrogen-bond donors (Lipinski definition) is 2. The van der Waals surface area contributed by atoms with E-state index in [9.17, 15) is 4.79 Å². The van der Waals surface area contributed by atoms with Crippen LogP contribution in [0.25, 0.3) is 0 Å². The van der Waals surface area contributed by atoms with Crippen molar-refractivity contribution in [3.05, 3.63) is 28.8 Å². The number of nitrogens with one attached hydrogen (secondary N) is 1. The van der Waals surface area contributed by atoms with Crippen LogP contribution in [0.4, 0.5) is 5.69 Å².